The molecule has 0 saturated heterocycles. The van der Waals surface area contributed by atoms with Crippen LogP contribution in [-0.2, 0) is 13.3 Å². The lowest BCUT2D eigenvalue weighted by atomic mass is 10.3. The maximum Gasteiger partial charge on any atom is 0.500 e. The second-order valence-electron chi connectivity index (χ2n) is 6.87. The molecule has 10 nitrogen and oxygen atoms in total. The molecule has 1 aromatic carbocycles. The predicted octanol–water partition coefficient (Wildman–Crippen LogP) is 3.95. The highest BCUT2D eigenvalue weighted by Gasteiger charge is 2.39. The van der Waals surface area contributed by atoms with Crippen molar-refractivity contribution in [3.63, 3.8) is 0 Å². The second kappa shape index (κ2) is 12.6. The molecule has 0 atom stereocenters. The molecule has 0 aliphatic heterocycles. The van der Waals surface area contributed by atoms with Crippen molar-refractivity contribution in [2.24, 2.45) is 0 Å². The molecule has 2 amide bonds. The summed E-state index contributed by atoms with van der Waals surface area (Å²) >= 11 is 1.38. The molecule has 0 unspecified atom stereocenters. The highest BCUT2D eigenvalue weighted by Crippen LogP contribution is 2.29. The van der Waals surface area contributed by atoms with Crippen LogP contribution in [0.25, 0.3) is 16.4 Å². The number of hydrogen-bond donors (Lipinski definition) is 2. The molecule has 178 valence electrons. The van der Waals surface area contributed by atoms with Crippen LogP contribution in [0, 0.1) is 0 Å². The summed E-state index contributed by atoms with van der Waals surface area (Å²) in [5.74, 6) is 0.501. The number of urea groups is 1. The molecular weight excluding hydrogens is 460 g/mol. The van der Waals surface area contributed by atoms with Gasteiger partial charge in [0.15, 0.2) is 0 Å². The van der Waals surface area contributed by atoms with Gasteiger partial charge in [-0.15, -0.1) is 26.3 Å². The average Bonchev–Trinajstić information content (AvgIpc) is 3.48. The summed E-state index contributed by atoms with van der Waals surface area (Å²) in [6, 6.07) is 13.6. The van der Waals surface area contributed by atoms with Crippen LogP contribution in [0.2, 0.25) is 6.04 Å². The van der Waals surface area contributed by atoms with Gasteiger partial charge in [0.25, 0.3) is 0 Å². The normalized spacial score (nSPS) is 11.5. The van der Waals surface area contributed by atoms with Crippen LogP contribution >= 0.6 is 11.3 Å². The third kappa shape index (κ3) is 7.17. The number of nitrogens with one attached hydrogen (secondary N) is 2. The zero-order valence-corrected chi connectivity index (χ0v) is 20.9. The molecule has 0 aliphatic carbocycles. The van der Waals surface area contributed by atoms with E-state index < -0.39 is 8.80 Å². The molecule has 0 saturated carbocycles. The van der Waals surface area contributed by atoms with Crippen molar-refractivity contribution < 1.29 is 18.1 Å². The van der Waals surface area contributed by atoms with E-state index in [4.69, 9.17) is 13.3 Å². The predicted molar refractivity (Wildman–Crippen MR) is 130 cm³/mol. The van der Waals surface area contributed by atoms with Crippen LogP contribution in [0.15, 0.2) is 42.5 Å². The second-order valence-corrected chi connectivity index (χ2v) is 10.7. The van der Waals surface area contributed by atoms with Gasteiger partial charge in [-0.05, 0) is 56.7 Å². The maximum atomic E-state index is 12.3. The highest BCUT2D eigenvalue weighted by atomic mass is 32.1. The number of rotatable bonds is 13. The molecule has 12 heteroatoms. The Hall–Kier alpha value is -2.64. The van der Waals surface area contributed by atoms with Crippen LogP contribution in [0.5, 0.6) is 0 Å². The number of nitrogens with zero attached hydrogens (tertiary/aromatic N) is 4. The van der Waals surface area contributed by atoms with E-state index in [0.29, 0.717) is 49.7 Å². The van der Waals surface area contributed by atoms with Crippen molar-refractivity contribution in [1.29, 1.82) is 0 Å². The zero-order valence-electron chi connectivity index (χ0n) is 19.1. The van der Waals surface area contributed by atoms with Gasteiger partial charge in [0.2, 0.25) is 5.82 Å². The molecule has 3 rings (SSSR count). The molecule has 0 aliphatic rings. The fraction of sp³-hybridized carbons (Fsp3) is 0.429. The van der Waals surface area contributed by atoms with Crippen LogP contribution in [0.1, 0.15) is 27.2 Å². The number of thiophene rings is 1. The molecule has 0 spiro atoms. The fourth-order valence-corrected chi connectivity index (χ4v) is 6.61. The standard InChI is InChI=1S/C21H30N6O4SSi/c1-4-29-33(30-5-2,31-6-3)16-10-15-22-21(28)23-19-14-13-18(32-19)20-24-26-27(25-20)17-11-8-7-9-12-17/h7-9,11-14H,4-6,10,15-16H2,1-3H3,(H2,22,23,28). The topological polar surface area (TPSA) is 112 Å². The minimum atomic E-state index is -2.69. The van der Waals surface area contributed by atoms with Gasteiger partial charge in [-0.3, -0.25) is 5.32 Å². The number of carbonyl (C=O) groups excluding carboxylic acids is 1. The number of benzene rings is 1. The minimum absolute atomic E-state index is 0.277. The van der Waals surface area contributed by atoms with Gasteiger partial charge in [0, 0.05) is 32.4 Å². The number of hydrogen-bond acceptors (Lipinski definition) is 8. The SMILES string of the molecule is CCO[Si](CCCNC(=O)Nc1ccc(-c2nnn(-c3ccccc3)n2)s1)(OCC)OCC. The van der Waals surface area contributed by atoms with Crippen LogP contribution in [0.4, 0.5) is 9.80 Å². The lowest BCUT2D eigenvalue weighted by molar-refractivity contribution is 0.0708. The monoisotopic (exact) mass is 490 g/mol. The lowest BCUT2D eigenvalue weighted by Gasteiger charge is -2.28. The quantitative estimate of drug-likeness (QED) is 0.275. The van der Waals surface area contributed by atoms with E-state index in [0.717, 1.165) is 10.6 Å². The van der Waals surface area contributed by atoms with E-state index in [9.17, 15) is 4.79 Å². The van der Waals surface area contributed by atoms with E-state index in [1.165, 1.54) is 16.1 Å². The Balaban J connectivity index is 1.48. The number of amides is 2. The number of carbonyl (C=O) groups is 1. The maximum absolute atomic E-state index is 12.3. The molecule has 0 bridgehead atoms. The molecule has 2 heterocycles. The summed E-state index contributed by atoms with van der Waals surface area (Å²) < 4.78 is 17.5. The molecule has 33 heavy (non-hydrogen) atoms. The van der Waals surface area contributed by atoms with Gasteiger partial charge in [-0.25, -0.2) is 4.79 Å². The Labute approximate surface area is 198 Å². The summed E-state index contributed by atoms with van der Waals surface area (Å²) in [5.41, 5.74) is 0.829. The Kier molecular flexibility index (Phi) is 9.51. The van der Waals surface area contributed by atoms with Crippen LogP contribution in [-0.4, -0.2) is 61.4 Å². The Bertz CT molecular complexity index is 983. The van der Waals surface area contributed by atoms with Gasteiger partial charge in [0.1, 0.15) is 0 Å². The van der Waals surface area contributed by atoms with E-state index in [-0.39, 0.29) is 6.03 Å². The first-order chi connectivity index (χ1) is 16.1. The molecule has 3 aromatic rings. The summed E-state index contributed by atoms with van der Waals surface area (Å²) in [6.45, 7) is 7.88. The fourth-order valence-electron chi connectivity index (χ4n) is 3.17. The molecule has 2 aromatic heterocycles. The molecule has 0 radical (unpaired) electrons. The number of para-hydroxylation sites is 1. The minimum Gasteiger partial charge on any atom is -0.374 e. The van der Waals surface area contributed by atoms with E-state index in [1.807, 2.05) is 63.2 Å². The third-order valence-corrected chi connectivity index (χ3v) is 8.65. The van der Waals surface area contributed by atoms with Gasteiger partial charge in [-0.1, -0.05) is 18.2 Å². The van der Waals surface area contributed by atoms with Gasteiger partial charge in [-0.2, -0.15) is 0 Å². The summed E-state index contributed by atoms with van der Waals surface area (Å²) in [5, 5.41) is 19.0. The van der Waals surface area contributed by atoms with Crippen LogP contribution in [0.3, 0.4) is 0 Å². The van der Waals surface area contributed by atoms with Crippen molar-refractivity contribution in [3.05, 3.63) is 42.5 Å². The number of tetrazole rings is 1. The summed E-state index contributed by atoms with van der Waals surface area (Å²) in [7, 11) is -2.69. The first-order valence-corrected chi connectivity index (χ1v) is 13.8. The van der Waals surface area contributed by atoms with Crippen molar-refractivity contribution in [3.8, 4) is 16.4 Å². The summed E-state index contributed by atoms with van der Waals surface area (Å²) in [4.78, 5) is 14.6. The van der Waals surface area contributed by atoms with E-state index in [2.05, 4.69) is 26.0 Å². The Morgan fingerprint density at radius 2 is 1.73 bits per heavy atom. The van der Waals surface area contributed by atoms with Crippen LogP contribution < -0.4 is 10.6 Å². The lowest BCUT2D eigenvalue weighted by Crippen LogP contribution is -2.46. The Morgan fingerprint density at radius 1 is 1.03 bits per heavy atom. The zero-order chi connectivity index (χ0) is 23.5. The van der Waals surface area contributed by atoms with Crippen molar-refractivity contribution in [2.45, 2.75) is 33.2 Å². The first kappa shape index (κ1) is 25.0. The number of aromatic nitrogens is 4. The van der Waals surface area contributed by atoms with Crippen molar-refractivity contribution in [2.75, 3.05) is 31.7 Å². The molecule has 0 fully saturated rings. The third-order valence-electron chi connectivity index (χ3n) is 4.50. The van der Waals surface area contributed by atoms with Crippen molar-refractivity contribution in [1.82, 2.24) is 25.5 Å². The van der Waals surface area contributed by atoms with Gasteiger partial charge < -0.3 is 18.6 Å². The van der Waals surface area contributed by atoms with Gasteiger partial charge in [0.05, 0.1) is 15.6 Å². The largest absolute Gasteiger partial charge is 0.500 e. The Morgan fingerprint density at radius 3 is 2.39 bits per heavy atom. The smallest absolute Gasteiger partial charge is 0.374 e. The molecular formula is C21H30N6O4SSi. The first-order valence-electron chi connectivity index (χ1n) is 11.0. The highest BCUT2D eigenvalue weighted by molar-refractivity contribution is 7.19. The summed E-state index contributed by atoms with van der Waals surface area (Å²) in [6.07, 6.45) is 0.696. The number of anilines is 1. The van der Waals surface area contributed by atoms with Gasteiger partial charge >= 0.3 is 14.8 Å². The molecule has 2 N–H and O–H groups in total. The van der Waals surface area contributed by atoms with Crippen molar-refractivity contribution >= 4 is 31.2 Å². The van der Waals surface area contributed by atoms with E-state index >= 15 is 0 Å². The van der Waals surface area contributed by atoms with E-state index in [1.54, 1.807) is 0 Å². The average molecular weight is 491 g/mol.